The molecule has 1 fully saturated rings. The molecule has 0 unspecified atom stereocenters. The van der Waals surface area contributed by atoms with Crippen molar-refractivity contribution in [2.45, 2.75) is 25.7 Å². The van der Waals surface area contributed by atoms with Gasteiger partial charge in [0, 0.05) is 6.42 Å². The van der Waals surface area contributed by atoms with Crippen molar-refractivity contribution in [3.63, 3.8) is 0 Å². The monoisotopic (exact) mass is 145 g/mol. The van der Waals surface area contributed by atoms with Crippen molar-refractivity contribution in [2.75, 3.05) is 6.54 Å². The Balaban J connectivity index is 2.43. The number of amides is 1. The Kier molecular flexibility index (Phi) is 2.65. The van der Waals surface area contributed by atoms with E-state index in [9.17, 15) is 4.79 Å². The molecule has 0 aliphatic carbocycles. The molecule has 0 radical (unpaired) electrons. The molecule has 1 aliphatic rings. The first kappa shape index (κ1) is 7.50. The van der Waals surface area contributed by atoms with Crippen LogP contribution in [0.5, 0.6) is 0 Å². The summed E-state index contributed by atoms with van der Waals surface area (Å²) in [6, 6.07) is 0. The van der Waals surface area contributed by atoms with Crippen LogP contribution in [0.25, 0.3) is 0 Å². The minimum Gasteiger partial charge on any atom is -0.272 e. The molecule has 1 rings (SSSR count). The van der Waals surface area contributed by atoms with Gasteiger partial charge in [-0.3, -0.25) is 4.79 Å². The van der Waals surface area contributed by atoms with Crippen molar-refractivity contribution in [3.05, 3.63) is 0 Å². The summed E-state index contributed by atoms with van der Waals surface area (Å²) in [5.74, 6) is -0.125. The quantitative estimate of drug-likeness (QED) is 0.438. The summed E-state index contributed by atoms with van der Waals surface area (Å²) >= 11 is 0. The molecule has 0 atom stereocenters. The molecule has 1 amide bonds. The molecule has 4 heteroatoms. The molecule has 0 saturated carbocycles. The predicted octanol–water partition coefficient (Wildman–Crippen LogP) is 0.794. The maximum atomic E-state index is 10.9. The summed E-state index contributed by atoms with van der Waals surface area (Å²) in [7, 11) is 0. The van der Waals surface area contributed by atoms with Crippen LogP contribution in [0, 0.1) is 0 Å². The Morgan fingerprint density at radius 1 is 1.40 bits per heavy atom. The van der Waals surface area contributed by atoms with E-state index in [1.807, 2.05) is 0 Å². The van der Waals surface area contributed by atoms with E-state index in [-0.39, 0.29) is 5.91 Å². The van der Waals surface area contributed by atoms with E-state index in [0.717, 1.165) is 24.3 Å². The lowest BCUT2D eigenvalue weighted by Gasteiger charge is -2.12. The molecule has 0 spiro atoms. The molecular weight excluding hydrogens is 134 g/mol. The smallest absolute Gasteiger partial charge is 0.248 e. The van der Waals surface area contributed by atoms with Crippen molar-refractivity contribution in [1.29, 1.82) is 0 Å². The summed E-state index contributed by atoms with van der Waals surface area (Å²) in [5.41, 5.74) is 0. The van der Waals surface area contributed by atoms with Gasteiger partial charge < -0.3 is 0 Å². The van der Waals surface area contributed by atoms with Gasteiger partial charge in [-0.05, 0) is 12.8 Å². The largest absolute Gasteiger partial charge is 0.272 e. The van der Waals surface area contributed by atoms with Crippen molar-refractivity contribution >= 4 is 5.91 Å². The van der Waals surface area contributed by atoms with E-state index in [1.165, 1.54) is 0 Å². The summed E-state index contributed by atoms with van der Waals surface area (Å²) in [6.07, 6.45) is 3.33. The van der Waals surface area contributed by atoms with E-state index >= 15 is 0 Å². The highest BCUT2D eigenvalue weighted by Gasteiger charge is 2.16. The minimum atomic E-state index is -0.125. The Hall–Kier alpha value is -0.610. The standard InChI is InChI=1S/C6H11NO3/c8-6-4-2-1-3-5-7(6)10-9/h9H,1-5H2. The Bertz CT molecular complexity index is 126. The van der Waals surface area contributed by atoms with Gasteiger partial charge in [-0.25, -0.2) is 5.26 Å². The van der Waals surface area contributed by atoms with Gasteiger partial charge in [0.25, 0.3) is 0 Å². The van der Waals surface area contributed by atoms with Crippen molar-refractivity contribution in [2.24, 2.45) is 0 Å². The normalized spacial score (nSPS) is 20.9. The fraction of sp³-hybridized carbons (Fsp3) is 0.833. The van der Waals surface area contributed by atoms with Gasteiger partial charge in [-0.15, -0.1) is 4.99 Å². The lowest BCUT2D eigenvalue weighted by molar-refractivity contribution is -0.378. The zero-order valence-corrected chi connectivity index (χ0v) is 5.75. The SMILES string of the molecule is O=C1CCCCCN1OO. The van der Waals surface area contributed by atoms with E-state index < -0.39 is 0 Å². The fourth-order valence-corrected chi connectivity index (χ4v) is 1.04. The van der Waals surface area contributed by atoms with Crippen molar-refractivity contribution < 1.29 is 15.0 Å². The highest BCUT2D eigenvalue weighted by atomic mass is 17.2. The van der Waals surface area contributed by atoms with E-state index in [1.54, 1.807) is 0 Å². The maximum Gasteiger partial charge on any atom is 0.248 e. The summed E-state index contributed by atoms with van der Waals surface area (Å²) in [5, 5.41) is 9.20. The molecule has 0 aromatic carbocycles. The number of rotatable bonds is 1. The van der Waals surface area contributed by atoms with Crippen LogP contribution in [-0.2, 0) is 9.78 Å². The van der Waals surface area contributed by atoms with Gasteiger partial charge >= 0.3 is 0 Å². The number of hydrogen-bond acceptors (Lipinski definition) is 3. The van der Waals surface area contributed by atoms with Crippen molar-refractivity contribution in [3.8, 4) is 0 Å². The van der Waals surface area contributed by atoms with Crippen LogP contribution < -0.4 is 0 Å². The average molecular weight is 145 g/mol. The van der Waals surface area contributed by atoms with Gasteiger partial charge in [-0.2, -0.15) is 5.06 Å². The molecule has 0 aromatic rings. The van der Waals surface area contributed by atoms with Crippen LogP contribution in [-0.4, -0.2) is 22.8 Å². The maximum absolute atomic E-state index is 10.9. The van der Waals surface area contributed by atoms with Crippen LogP contribution in [0.1, 0.15) is 25.7 Å². The lowest BCUT2D eigenvalue weighted by Crippen LogP contribution is -2.29. The highest BCUT2D eigenvalue weighted by Crippen LogP contribution is 2.10. The lowest BCUT2D eigenvalue weighted by atomic mass is 10.2. The molecule has 4 nitrogen and oxygen atoms in total. The average Bonchev–Trinajstić information content (AvgIpc) is 2.13. The molecule has 1 N–H and O–H groups in total. The first-order valence-electron chi connectivity index (χ1n) is 3.46. The van der Waals surface area contributed by atoms with Gasteiger partial charge in [-0.1, -0.05) is 6.42 Å². The predicted molar refractivity (Wildman–Crippen MR) is 33.9 cm³/mol. The number of carbonyl (C=O) groups excluding carboxylic acids is 1. The van der Waals surface area contributed by atoms with Crippen molar-refractivity contribution in [1.82, 2.24) is 5.06 Å². The first-order chi connectivity index (χ1) is 4.84. The molecular formula is C6H11NO3. The van der Waals surface area contributed by atoms with E-state index in [0.29, 0.717) is 13.0 Å². The molecule has 10 heavy (non-hydrogen) atoms. The van der Waals surface area contributed by atoms with Crippen LogP contribution in [0.4, 0.5) is 0 Å². The third-order valence-electron chi connectivity index (χ3n) is 1.63. The number of hydroxylamine groups is 2. The summed E-state index contributed by atoms with van der Waals surface area (Å²) in [4.78, 5) is 14.8. The number of hydrogen-bond donors (Lipinski definition) is 1. The van der Waals surface area contributed by atoms with Crippen LogP contribution >= 0.6 is 0 Å². The van der Waals surface area contributed by atoms with E-state index in [4.69, 9.17) is 5.26 Å². The van der Waals surface area contributed by atoms with Gasteiger partial charge in [0.05, 0.1) is 6.54 Å². The first-order valence-corrected chi connectivity index (χ1v) is 3.46. The summed E-state index contributed by atoms with van der Waals surface area (Å²) < 4.78 is 0. The van der Waals surface area contributed by atoms with Crippen LogP contribution in [0.2, 0.25) is 0 Å². The topological polar surface area (TPSA) is 49.8 Å². The molecule has 1 heterocycles. The molecule has 0 aromatic heterocycles. The summed E-state index contributed by atoms with van der Waals surface area (Å²) in [6.45, 7) is 0.509. The molecule has 58 valence electrons. The Labute approximate surface area is 59.3 Å². The number of nitrogens with zero attached hydrogens (tertiary/aromatic N) is 1. The Morgan fingerprint density at radius 3 is 2.90 bits per heavy atom. The minimum absolute atomic E-state index is 0.125. The second-order valence-corrected chi connectivity index (χ2v) is 2.39. The zero-order chi connectivity index (χ0) is 7.40. The molecule has 0 bridgehead atoms. The van der Waals surface area contributed by atoms with Crippen LogP contribution in [0.3, 0.4) is 0 Å². The molecule has 1 aliphatic heterocycles. The second kappa shape index (κ2) is 3.53. The third kappa shape index (κ3) is 1.68. The molecule has 1 saturated heterocycles. The van der Waals surface area contributed by atoms with Gasteiger partial charge in [0.2, 0.25) is 5.91 Å². The second-order valence-electron chi connectivity index (χ2n) is 2.39. The van der Waals surface area contributed by atoms with Crippen LogP contribution in [0.15, 0.2) is 0 Å². The number of carbonyl (C=O) groups is 1. The fourth-order valence-electron chi connectivity index (χ4n) is 1.04. The Morgan fingerprint density at radius 2 is 2.20 bits per heavy atom. The highest BCUT2D eigenvalue weighted by molar-refractivity contribution is 5.75. The third-order valence-corrected chi connectivity index (χ3v) is 1.63. The van der Waals surface area contributed by atoms with Gasteiger partial charge in [0.15, 0.2) is 0 Å². The van der Waals surface area contributed by atoms with E-state index in [2.05, 4.69) is 4.99 Å². The zero-order valence-electron chi connectivity index (χ0n) is 5.75. The van der Waals surface area contributed by atoms with Gasteiger partial charge in [0.1, 0.15) is 0 Å².